The SMILES string of the molecule is c1ccc(-c2ccc(N(c3ccc(-c4ccc5c(ccc6ccccc65)c4)cc3)c3ccc(-c4ccccc4-c4ccccc4-c4ccccc4-c4ccccc4)cc3)cc2)cc1. The third-order valence-corrected chi connectivity index (χ3v) is 12.3. The molecule has 0 radical (unpaired) electrons. The van der Waals surface area contributed by atoms with E-state index in [1.54, 1.807) is 0 Å². The summed E-state index contributed by atoms with van der Waals surface area (Å²) in [6.07, 6.45) is 0. The van der Waals surface area contributed by atoms with E-state index in [9.17, 15) is 0 Å². The number of fused-ring (bicyclic) bond motifs is 3. The van der Waals surface area contributed by atoms with Crippen LogP contribution in [0.25, 0.3) is 88.3 Å². The third kappa shape index (κ3) is 7.37. The van der Waals surface area contributed by atoms with Gasteiger partial charge in [0, 0.05) is 17.1 Å². The lowest BCUT2D eigenvalue weighted by molar-refractivity contribution is 1.28. The molecule has 0 bridgehead atoms. The second-order valence-corrected chi connectivity index (χ2v) is 16.1. The summed E-state index contributed by atoms with van der Waals surface area (Å²) in [6, 6.07) is 94.5. The maximum Gasteiger partial charge on any atom is 0.0462 e. The third-order valence-electron chi connectivity index (χ3n) is 12.3. The van der Waals surface area contributed by atoms with Gasteiger partial charge in [0.15, 0.2) is 0 Å². The maximum absolute atomic E-state index is 2.36. The van der Waals surface area contributed by atoms with E-state index in [1.165, 1.54) is 88.3 Å². The van der Waals surface area contributed by atoms with Crippen molar-refractivity contribution >= 4 is 38.6 Å². The van der Waals surface area contributed by atoms with E-state index in [1.807, 2.05) is 0 Å². The summed E-state index contributed by atoms with van der Waals surface area (Å²) in [5, 5.41) is 5.08. The van der Waals surface area contributed by atoms with Crippen LogP contribution in [0, 0.1) is 0 Å². The lowest BCUT2D eigenvalue weighted by Gasteiger charge is -2.26. The second kappa shape index (κ2) is 16.7. The minimum Gasteiger partial charge on any atom is -0.311 e. The summed E-state index contributed by atoms with van der Waals surface area (Å²) in [5.41, 5.74) is 17.7. The van der Waals surface area contributed by atoms with Crippen LogP contribution in [0.4, 0.5) is 17.1 Å². The van der Waals surface area contributed by atoms with Gasteiger partial charge in [-0.25, -0.2) is 0 Å². The molecule has 1 nitrogen and oxygen atoms in total. The van der Waals surface area contributed by atoms with Crippen molar-refractivity contribution in [2.24, 2.45) is 0 Å². The van der Waals surface area contributed by atoms with Crippen LogP contribution in [0.5, 0.6) is 0 Å². The standard InChI is InChI=1S/C62H43N/c1-3-15-44(16-4-1)45-29-36-52(37-30-45)63(53-38-31-46(32-39-53)50-35-42-58-51(43-50)28-27-48-19-7-8-20-55(48)58)54-40-33-49(34-41-54)57-22-10-12-24-60(57)62-26-14-13-25-61(62)59-23-11-9-21-56(59)47-17-5-2-6-18-47/h1-43H. The van der Waals surface area contributed by atoms with Crippen LogP contribution in [-0.4, -0.2) is 0 Å². The Bertz CT molecular complexity index is 3350. The largest absolute Gasteiger partial charge is 0.311 e. The highest BCUT2D eigenvalue weighted by Crippen LogP contribution is 2.43. The van der Waals surface area contributed by atoms with E-state index in [0.717, 1.165) is 17.1 Å². The Kier molecular flexibility index (Phi) is 9.97. The Hall–Kier alpha value is -8.26. The predicted octanol–water partition coefficient (Wildman–Crippen LogP) is 17.5. The van der Waals surface area contributed by atoms with Crippen LogP contribution in [0.2, 0.25) is 0 Å². The van der Waals surface area contributed by atoms with E-state index < -0.39 is 0 Å². The summed E-state index contributed by atoms with van der Waals surface area (Å²) in [4.78, 5) is 2.36. The lowest BCUT2D eigenvalue weighted by atomic mass is 9.87. The molecule has 0 heterocycles. The van der Waals surface area contributed by atoms with Gasteiger partial charge in [0.25, 0.3) is 0 Å². The summed E-state index contributed by atoms with van der Waals surface area (Å²) >= 11 is 0. The molecule has 0 aliphatic carbocycles. The highest BCUT2D eigenvalue weighted by atomic mass is 15.1. The van der Waals surface area contributed by atoms with Crippen molar-refractivity contribution in [3.05, 3.63) is 261 Å². The number of hydrogen-bond donors (Lipinski definition) is 0. The van der Waals surface area contributed by atoms with Gasteiger partial charge in [0.2, 0.25) is 0 Å². The molecule has 63 heavy (non-hydrogen) atoms. The Labute approximate surface area is 369 Å². The van der Waals surface area contributed by atoms with Crippen LogP contribution in [0.3, 0.4) is 0 Å². The zero-order chi connectivity index (χ0) is 42.0. The summed E-state index contributed by atoms with van der Waals surface area (Å²) in [5.74, 6) is 0. The summed E-state index contributed by atoms with van der Waals surface area (Å²) in [6.45, 7) is 0. The van der Waals surface area contributed by atoms with Crippen molar-refractivity contribution in [3.63, 3.8) is 0 Å². The van der Waals surface area contributed by atoms with Gasteiger partial charge in [0.05, 0.1) is 0 Å². The molecule has 0 aliphatic rings. The number of nitrogens with zero attached hydrogens (tertiary/aromatic N) is 1. The summed E-state index contributed by atoms with van der Waals surface area (Å²) in [7, 11) is 0. The van der Waals surface area contributed by atoms with Gasteiger partial charge in [-0.05, 0) is 131 Å². The average molecular weight is 802 g/mol. The molecule has 0 fully saturated rings. The minimum atomic E-state index is 1.09. The van der Waals surface area contributed by atoms with Crippen molar-refractivity contribution in [1.82, 2.24) is 0 Å². The Morgan fingerprint density at radius 3 is 1.06 bits per heavy atom. The molecular formula is C62H43N. The normalized spacial score (nSPS) is 11.2. The fraction of sp³-hybridized carbons (Fsp3) is 0. The molecule has 0 unspecified atom stereocenters. The summed E-state index contributed by atoms with van der Waals surface area (Å²) < 4.78 is 0. The number of rotatable bonds is 9. The molecule has 0 N–H and O–H groups in total. The first-order valence-electron chi connectivity index (χ1n) is 21.7. The predicted molar refractivity (Wildman–Crippen MR) is 269 cm³/mol. The van der Waals surface area contributed by atoms with Gasteiger partial charge < -0.3 is 4.90 Å². The lowest BCUT2D eigenvalue weighted by Crippen LogP contribution is -2.09. The molecule has 0 aliphatic heterocycles. The average Bonchev–Trinajstić information content (AvgIpc) is 3.37. The quantitative estimate of drug-likeness (QED) is 0.131. The van der Waals surface area contributed by atoms with E-state index in [-0.39, 0.29) is 0 Å². The van der Waals surface area contributed by atoms with Crippen molar-refractivity contribution in [1.29, 1.82) is 0 Å². The van der Waals surface area contributed by atoms with E-state index in [0.29, 0.717) is 0 Å². The van der Waals surface area contributed by atoms with Gasteiger partial charge in [-0.15, -0.1) is 0 Å². The minimum absolute atomic E-state index is 1.09. The molecule has 296 valence electrons. The van der Waals surface area contributed by atoms with Crippen molar-refractivity contribution < 1.29 is 0 Å². The van der Waals surface area contributed by atoms with Crippen molar-refractivity contribution in [2.45, 2.75) is 0 Å². The molecule has 11 aromatic rings. The topological polar surface area (TPSA) is 3.24 Å². The first kappa shape index (κ1) is 37.7. The van der Waals surface area contributed by atoms with Crippen LogP contribution in [0.1, 0.15) is 0 Å². The van der Waals surface area contributed by atoms with E-state index >= 15 is 0 Å². The number of anilines is 3. The molecule has 11 aromatic carbocycles. The highest BCUT2D eigenvalue weighted by molar-refractivity contribution is 6.08. The van der Waals surface area contributed by atoms with Gasteiger partial charge in [-0.3, -0.25) is 0 Å². The second-order valence-electron chi connectivity index (χ2n) is 16.1. The van der Waals surface area contributed by atoms with Crippen LogP contribution in [0.15, 0.2) is 261 Å². The number of hydrogen-bond acceptors (Lipinski definition) is 1. The van der Waals surface area contributed by atoms with Crippen molar-refractivity contribution in [2.75, 3.05) is 4.90 Å². The molecule has 0 saturated heterocycles. The smallest absolute Gasteiger partial charge is 0.0462 e. The van der Waals surface area contributed by atoms with Gasteiger partial charge in [-0.1, -0.05) is 218 Å². The Morgan fingerprint density at radius 2 is 0.524 bits per heavy atom. The molecule has 0 atom stereocenters. The van der Waals surface area contributed by atoms with E-state index in [2.05, 4.69) is 266 Å². The molecule has 0 saturated carbocycles. The van der Waals surface area contributed by atoms with Crippen LogP contribution in [-0.2, 0) is 0 Å². The molecule has 0 aromatic heterocycles. The zero-order valence-electron chi connectivity index (χ0n) is 34.8. The first-order chi connectivity index (χ1) is 31.2. The van der Waals surface area contributed by atoms with Gasteiger partial charge >= 0.3 is 0 Å². The fourth-order valence-corrected chi connectivity index (χ4v) is 9.18. The van der Waals surface area contributed by atoms with Crippen LogP contribution < -0.4 is 4.90 Å². The Balaban J connectivity index is 0.962. The van der Waals surface area contributed by atoms with Crippen LogP contribution >= 0.6 is 0 Å². The highest BCUT2D eigenvalue weighted by Gasteiger charge is 2.17. The molecular weight excluding hydrogens is 759 g/mol. The molecule has 0 amide bonds. The first-order valence-corrected chi connectivity index (χ1v) is 21.7. The van der Waals surface area contributed by atoms with Crippen molar-refractivity contribution in [3.8, 4) is 66.8 Å². The van der Waals surface area contributed by atoms with Gasteiger partial charge in [-0.2, -0.15) is 0 Å². The van der Waals surface area contributed by atoms with E-state index in [4.69, 9.17) is 0 Å². The molecule has 1 heteroatoms. The molecule has 0 spiro atoms. The maximum atomic E-state index is 2.36. The zero-order valence-corrected chi connectivity index (χ0v) is 34.8. The Morgan fingerprint density at radius 1 is 0.190 bits per heavy atom. The number of benzene rings is 11. The van der Waals surface area contributed by atoms with Gasteiger partial charge in [0.1, 0.15) is 0 Å². The fourth-order valence-electron chi connectivity index (χ4n) is 9.18. The monoisotopic (exact) mass is 801 g/mol. The molecule has 11 rings (SSSR count).